The van der Waals surface area contributed by atoms with Gasteiger partial charge in [-0.2, -0.15) is 0 Å². The fourth-order valence-corrected chi connectivity index (χ4v) is 3.34. The molecule has 0 bridgehead atoms. The second kappa shape index (κ2) is 2.75. The minimum absolute atomic E-state index is 0.200. The van der Waals surface area contributed by atoms with Gasteiger partial charge in [-0.15, -0.1) is 0 Å². The van der Waals surface area contributed by atoms with Gasteiger partial charge in [0.25, 0.3) is 0 Å². The highest BCUT2D eigenvalue weighted by molar-refractivity contribution is 5.54. The molecule has 1 aromatic heterocycles. The van der Waals surface area contributed by atoms with Crippen molar-refractivity contribution in [2.45, 2.75) is 18.3 Å². The van der Waals surface area contributed by atoms with Crippen LogP contribution in [0.2, 0.25) is 0 Å². The van der Waals surface area contributed by atoms with E-state index in [4.69, 9.17) is 0 Å². The quantitative estimate of drug-likeness (QED) is 0.804. The third-order valence-corrected chi connectivity index (χ3v) is 4.18. The summed E-state index contributed by atoms with van der Waals surface area (Å²) in [6.07, 6.45) is 5.05. The maximum atomic E-state index is 13.7. The van der Waals surface area contributed by atoms with Crippen LogP contribution in [0, 0.1) is 17.6 Å². The second-order valence-corrected chi connectivity index (χ2v) is 4.96. The fourth-order valence-electron chi connectivity index (χ4n) is 3.34. The van der Waals surface area contributed by atoms with Crippen molar-refractivity contribution in [3.05, 3.63) is 53.1 Å². The Labute approximate surface area is 96.7 Å². The van der Waals surface area contributed by atoms with Gasteiger partial charge in [0.1, 0.15) is 11.6 Å². The molecule has 2 atom stereocenters. The van der Waals surface area contributed by atoms with E-state index in [0.29, 0.717) is 17.9 Å². The van der Waals surface area contributed by atoms with Gasteiger partial charge < -0.3 is 4.98 Å². The first kappa shape index (κ1) is 9.33. The molecule has 1 saturated carbocycles. The van der Waals surface area contributed by atoms with Crippen LogP contribution < -0.4 is 0 Å². The Morgan fingerprint density at radius 2 is 2.24 bits per heavy atom. The molecule has 2 aliphatic rings. The van der Waals surface area contributed by atoms with Gasteiger partial charge in [0, 0.05) is 23.4 Å². The van der Waals surface area contributed by atoms with E-state index in [1.165, 1.54) is 6.07 Å². The first-order valence-electron chi connectivity index (χ1n) is 5.69. The fraction of sp³-hybridized carbons (Fsp3) is 0.308. The van der Waals surface area contributed by atoms with Gasteiger partial charge in [-0.05, 0) is 36.0 Å². The van der Waals surface area contributed by atoms with Crippen molar-refractivity contribution in [3.8, 4) is 0 Å². The van der Waals surface area contributed by atoms with E-state index in [1.54, 1.807) is 12.5 Å². The van der Waals surface area contributed by atoms with Crippen molar-refractivity contribution >= 4 is 0 Å². The van der Waals surface area contributed by atoms with E-state index < -0.39 is 11.6 Å². The summed E-state index contributed by atoms with van der Waals surface area (Å²) in [5, 5.41) is 0. The molecule has 0 radical (unpaired) electrons. The minimum atomic E-state index is -0.493. The molecular weight excluding hydrogens is 222 g/mol. The summed E-state index contributed by atoms with van der Waals surface area (Å²) in [6, 6.07) is 2.45. The third-order valence-electron chi connectivity index (χ3n) is 4.18. The molecular formula is C13H10F2N2. The summed E-state index contributed by atoms with van der Waals surface area (Å²) in [5.74, 6) is -0.506. The van der Waals surface area contributed by atoms with Gasteiger partial charge in [0.2, 0.25) is 0 Å². The molecule has 2 nitrogen and oxygen atoms in total. The molecule has 1 N–H and O–H groups in total. The highest BCUT2D eigenvalue weighted by atomic mass is 19.1. The first-order chi connectivity index (χ1) is 8.22. The van der Waals surface area contributed by atoms with Crippen LogP contribution in [0.4, 0.5) is 8.78 Å². The molecule has 17 heavy (non-hydrogen) atoms. The third kappa shape index (κ3) is 1.01. The molecule has 2 aliphatic carbocycles. The predicted octanol–water partition coefficient (Wildman–Crippen LogP) is 2.55. The summed E-state index contributed by atoms with van der Waals surface area (Å²) < 4.78 is 27.1. The predicted molar refractivity (Wildman–Crippen MR) is 57.5 cm³/mol. The van der Waals surface area contributed by atoms with Gasteiger partial charge in [-0.1, -0.05) is 0 Å². The zero-order chi connectivity index (χ0) is 11.6. The van der Waals surface area contributed by atoms with Gasteiger partial charge in [0.05, 0.1) is 6.33 Å². The summed E-state index contributed by atoms with van der Waals surface area (Å²) >= 11 is 0. The Balaban J connectivity index is 1.97. The average Bonchev–Trinajstić information content (AvgIpc) is 2.71. The largest absolute Gasteiger partial charge is 0.348 e. The number of rotatable bonds is 1. The number of H-pyrrole nitrogens is 1. The second-order valence-electron chi connectivity index (χ2n) is 4.96. The summed E-state index contributed by atoms with van der Waals surface area (Å²) in [7, 11) is 0. The molecule has 0 amide bonds. The summed E-state index contributed by atoms with van der Waals surface area (Å²) in [5.41, 5.74) is 2.27. The van der Waals surface area contributed by atoms with E-state index in [1.807, 2.05) is 0 Å². The van der Waals surface area contributed by atoms with Crippen LogP contribution in [0.5, 0.6) is 0 Å². The number of hydrogen-bond acceptors (Lipinski definition) is 1. The number of fused-ring (bicyclic) bond motifs is 3. The van der Waals surface area contributed by atoms with E-state index >= 15 is 0 Å². The number of aromatic amines is 1. The lowest BCUT2D eigenvalue weighted by Gasteiger charge is -2.13. The Bertz CT molecular complexity index is 606. The normalized spacial score (nSPS) is 28.9. The highest BCUT2D eigenvalue weighted by Crippen LogP contribution is 2.65. The van der Waals surface area contributed by atoms with Crippen LogP contribution >= 0.6 is 0 Å². The van der Waals surface area contributed by atoms with Crippen LogP contribution in [0.15, 0.2) is 24.7 Å². The first-order valence-corrected chi connectivity index (χ1v) is 5.69. The Morgan fingerprint density at radius 3 is 3.00 bits per heavy atom. The van der Waals surface area contributed by atoms with Gasteiger partial charge in [-0.25, -0.2) is 13.8 Å². The lowest BCUT2D eigenvalue weighted by Crippen LogP contribution is -2.10. The van der Waals surface area contributed by atoms with Crippen LogP contribution in [0.3, 0.4) is 0 Å². The molecule has 0 spiro atoms. The van der Waals surface area contributed by atoms with E-state index in [2.05, 4.69) is 9.97 Å². The Morgan fingerprint density at radius 1 is 1.35 bits per heavy atom. The molecule has 86 valence electrons. The standard InChI is InChI=1S/C13H10F2N2/c14-8-2-10-9(11(15)3-8)1-7-4-13(7,10)12-5-16-6-17-12/h2-3,5-7H,1,4H2,(H,16,17). The van der Waals surface area contributed by atoms with Crippen LogP contribution in [-0.4, -0.2) is 9.97 Å². The van der Waals surface area contributed by atoms with Gasteiger partial charge >= 0.3 is 0 Å². The van der Waals surface area contributed by atoms with Crippen molar-refractivity contribution in [2.75, 3.05) is 0 Å². The minimum Gasteiger partial charge on any atom is -0.348 e. The van der Waals surface area contributed by atoms with Crippen LogP contribution in [0.25, 0.3) is 0 Å². The maximum absolute atomic E-state index is 13.7. The summed E-state index contributed by atoms with van der Waals surface area (Å²) in [6.45, 7) is 0. The smallest absolute Gasteiger partial charge is 0.129 e. The zero-order valence-corrected chi connectivity index (χ0v) is 9.00. The van der Waals surface area contributed by atoms with Crippen LogP contribution in [0.1, 0.15) is 23.2 Å². The average molecular weight is 232 g/mol. The molecule has 0 aliphatic heterocycles. The molecule has 2 unspecified atom stereocenters. The lowest BCUT2D eigenvalue weighted by atomic mass is 9.92. The maximum Gasteiger partial charge on any atom is 0.129 e. The SMILES string of the molecule is Fc1cc(F)c2c(c1)C1(c3cnc[nH]3)CC1C2. The molecule has 4 rings (SSSR count). The van der Waals surface area contributed by atoms with Crippen molar-refractivity contribution < 1.29 is 8.78 Å². The number of aromatic nitrogens is 2. The van der Waals surface area contributed by atoms with Crippen molar-refractivity contribution in [3.63, 3.8) is 0 Å². The zero-order valence-electron chi connectivity index (χ0n) is 9.00. The molecule has 2 aromatic rings. The number of nitrogens with one attached hydrogen (secondary N) is 1. The van der Waals surface area contributed by atoms with Crippen molar-refractivity contribution in [2.24, 2.45) is 5.92 Å². The Hall–Kier alpha value is -1.71. The molecule has 1 aromatic carbocycles. The molecule has 4 heteroatoms. The van der Waals surface area contributed by atoms with Gasteiger partial charge in [0.15, 0.2) is 0 Å². The van der Waals surface area contributed by atoms with E-state index in [0.717, 1.165) is 23.7 Å². The number of nitrogens with zero attached hydrogens (tertiary/aromatic N) is 1. The highest BCUT2D eigenvalue weighted by Gasteiger charge is 2.62. The van der Waals surface area contributed by atoms with E-state index in [9.17, 15) is 8.78 Å². The number of benzene rings is 1. The van der Waals surface area contributed by atoms with Gasteiger partial charge in [-0.3, -0.25) is 0 Å². The molecule has 1 heterocycles. The van der Waals surface area contributed by atoms with E-state index in [-0.39, 0.29) is 5.41 Å². The summed E-state index contributed by atoms with van der Waals surface area (Å²) in [4.78, 5) is 7.10. The Kier molecular flexibility index (Phi) is 1.51. The number of halogens is 2. The number of hydrogen-bond donors (Lipinski definition) is 1. The topological polar surface area (TPSA) is 28.7 Å². The lowest BCUT2D eigenvalue weighted by molar-refractivity contribution is 0.569. The molecule has 1 fully saturated rings. The van der Waals surface area contributed by atoms with Crippen LogP contribution in [-0.2, 0) is 11.8 Å². The number of imidazole rings is 1. The molecule has 0 saturated heterocycles. The monoisotopic (exact) mass is 232 g/mol. The van der Waals surface area contributed by atoms with Crippen molar-refractivity contribution in [1.29, 1.82) is 0 Å². The van der Waals surface area contributed by atoms with Crippen molar-refractivity contribution in [1.82, 2.24) is 9.97 Å².